The van der Waals surface area contributed by atoms with E-state index in [0.29, 0.717) is 10.7 Å². The largest absolute Gasteiger partial charge is 0.282 e. The Balaban J connectivity index is 3.04. The van der Waals surface area contributed by atoms with Crippen molar-refractivity contribution in [3.63, 3.8) is 0 Å². The van der Waals surface area contributed by atoms with Gasteiger partial charge in [0.05, 0.1) is 5.54 Å². The Bertz CT molecular complexity index is 395. The Morgan fingerprint density at radius 3 is 2.41 bits per heavy atom. The molecule has 0 heterocycles. The molecule has 0 N–H and O–H groups in total. The molecule has 1 aromatic carbocycles. The second-order valence-corrected chi connectivity index (χ2v) is 5.16. The fourth-order valence-corrected chi connectivity index (χ4v) is 1.63. The fourth-order valence-electron chi connectivity index (χ4n) is 1.63. The molecule has 2 nitrogen and oxygen atoms in total. The van der Waals surface area contributed by atoms with Gasteiger partial charge in [-0.05, 0) is 38.8 Å². The van der Waals surface area contributed by atoms with Crippen molar-refractivity contribution in [2.24, 2.45) is 0 Å². The highest BCUT2D eigenvalue weighted by Crippen LogP contribution is 2.20. The number of benzene rings is 1. The number of hydrogen-bond acceptors (Lipinski definition) is 1. The first-order valence-electron chi connectivity index (χ1n) is 5.96. The van der Waals surface area contributed by atoms with E-state index in [-0.39, 0.29) is 0 Å². The first kappa shape index (κ1) is 13.7. The summed E-state index contributed by atoms with van der Waals surface area (Å²) < 4.78 is 13.9. The molecule has 0 saturated heterocycles. The van der Waals surface area contributed by atoms with Crippen LogP contribution in [0.15, 0.2) is 24.3 Å². The zero-order chi connectivity index (χ0) is 13.1. The number of carbonyl (C=O) groups is 1. The molecule has 0 unspecified atom stereocenters. The smallest absolute Gasteiger partial charge is 0.266 e. The molecule has 0 spiro atoms. The molecule has 0 bridgehead atoms. The van der Waals surface area contributed by atoms with Gasteiger partial charge in [0.2, 0.25) is 0 Å². The van der Waals surface area contributed by atoms with Crippen molar-refractivity contribution in [1.29, 1.82) is 0 Å². The van der Waals surface area contributed by atoms with Gasteiger partial charge in [-0.3, -0.25) is 4.79 Å². The molecule has 0 aliphatic rings. The molecule has 0 aromatic heterocycles. The number of nitrogens with zero attached hydrogens (tertiary/aromatic N) is 1. The van der Waals surface area contributed by atoms with Crippen LogP contribution in [0.3, 0.4) is 0 Å². The number of rotatable bonds is 3. The Hall–Kier alpha value is -1.38. The molecule has 0 saturated carbocycles. The van der Waals surface area contributed by atoms with Gasteiger partial charge in [0.15, 0.2) is 0 Å². The highest BCUT2D eigenvalue weighted by Gasteiger charge is 2.28. The minimum absolute atomic E-state index is 0.307. The highest BCUT2D eigenvalue weighted by molar-refractivity contribution is 5.95. The Labute approximate surface area is 102 Å². The van der Waals surface area contributed by atoms with Gasteiger partial charge >= 0.3 is 0 Å². The average molecular weight is 237 g/mol. The van der Waals surface area contributed by atoms with Crippen LogP contribution in [0.25, 0.3) is 0 Å². The summed E-state index contributed by atoms with van der Waals surface area (Å²) in [5, 5.41) is 0.307. The lowest BCUT2D eigenvalue weighted by Gasteiger charge is -2.27. The van der Waals surface area contributed by atoms with Gasteiger partial charge in [0, 0.05) is 5.56 Å². The van der Waals surface area contributed by atoms with Gasteiger partial charge in [-0.1, -0.05) is 36.0 Å². The van der Waals surface area contributed by atoms with Crippen molar-refractivity contribution in [2.75, 3.05) is 0 Å². The van der Waals surface area contributed by atoms with Crippen LogP contribution in [0.1, 0.15) is 50.0 Å². The van der Waals surface area contributed by atoms with Crippen molar-refractivity contribution in [2.45, 2.75) is 46.1 Å². The molecule has 1 aromatic rings. The summed E-state index contributed by atoms with van der Waals surface area (Å²) in [5.74, 6) is -0.554. The number of amides is 1. The first-order chi connectivity index (χ1) is 7.88. The lowest BCUT2D eigenvalue weighted by atomic mass is 10.0. The molecule has 0 fully saturated rings. The van der Waals surface area contributed by atoms with Gasteiger partial charge in [-0.15, -0.1) is 0 Å². The zero-order valence-corrected chi connectivity index (χ0v) is 11.0. The average Bonchev–Trinajstić information content (AvgIpc) is 2.27. The van der Waals surface area contributed by atoms with Gasteiger partial charge in [0.1, 0.15) is 0 Å². The fraction of sp³-hybridized carbons (Fsp3) is 0.500. The molecule has 3 heteroatoms. The van der Waals surface area contributed by atoms with Crippen molar-refractivity contribution in [3.05, 3.63) is 35.4 Å². The summed E-state index contributed by atoms with van der Waals surface area (Å²) in [6.07, 6.45) is 1.73. The maximum Gasteiger partial charge on any atom is 0.282 e. The van der Waals surface area contributed by atoms with Crippen molar-refractivity contribution < 1.29 is 9.28 Å². The third kappa shape index (κ3) is 3.29. The summed E-state index contributed by atoms with van der Waals surface area (Å²) >= 11 is 0. The summed E-state index contributed by atoms with van der Waals surface area (Å²) in [6, 6.07) is 7.21. The van der Waals surface area contributed by atoms with E-state index >= 15 is 0 Å². The monoisotopic (exact) mass is 237 g/mol. The molecule has 17 heavy (non-hydrogen) atoms. The summed E-state index contributed by atoms with van der Waals surface area (Å²) in [6.45, 7) is 7.06. The topological polar surface area (TPSA) is 20.3 Å². The molecule has 1 rings (SSSR count). The molecule has 0 radical (unpaired) electrons. The molecular formula is C14H20FNO. The summed E-state index contributed by atoms with van der Waals surface area (Å²) in [4.78, 5) is 12.0. The van der Waals surface area contributed by atoms with E-state index in [0.717, 1.165) is 18.4 Å². The quantitative estimate of drug-likeness (QED) is 0.733. The van der Waals surface area contributed by atoms with E-state index in [1.807, 2.05) is 19.1 Å². The normalized spacial score (nSPS) is 11.4. The van der Waals surface area contributed by atoms with E-state index < -0.39 is 11.4 Å². The first-order valence-corrected chi connectivity index (χ1v) is 5.96. The van der Waals surface area contributed by atoms with Crippen molar-refractivity contribution in [3.8, 4) is 0 Å². The highest BCUT2D eigenvalue weighted by atomic mass is 19.2. The lowest BCUT2D eigenvalue weighted by molar-refractivity contribution is -0.0322. The second kappa shape index (κ2) is 5.30. The van der Waals surface area contributed by atoms with E-state index in [9.17, 15) is 9.28 Å². The molecule has 0 aliphatic carbocycles. The van der Waals surface area contributed by atoms with E-state index in [4.69, 9.17) is 0 Å². The summed E-state index contributed by atoms with van der Waals surface area (Å²) in [5.41, 5.74) is 0.565. The third-order valence-electron chi connectivity index (χ3n) is 2.53. The van der Waals surface area contributed by atoms with Gasteiger partial charge < -0.3 is 0 Å². The van der Waals surface area contributed by atoms with E-state index in [2.05, 4.69) is 0 Å². The molecule has 0 aliphatic heterocycles. The van der Waals surface area contributed by atoms with Gasteiger partial charge in [-0.25, -0.2) is 0 Å². The molecule has 94 valence electrons. The van der Waals surface area contributed by atoms with Crippen LogP contribution in [-0.2, 0) is 6.42 Å². The SMILES string of the molecule is CCCc1ccccc1C(=O)N(F)C(C)(C)C. The predicted octanol–water partition coefficient (Wildman–Crippen LogP) is 3.76. The van der Waals surface area contributed by atoms with Crippen LogP contribution in [0.2, 0.25) is 0 Å². The predicted molar refractivity (Wildman–Crippen MR) is 67.5 cm³/mol. The molecule has 1 amide bonds. The van der Waals surface area contributed by atoms with Crippen molar-refractivity contribution >= 4 is 5.91 Å². The Morgan fingerprint density at radius 2 is 1.88 bits per heavy atom. The number of hydrogen-bond donors (Lipinski definition) is 0. The number of aryl methyl sites for hydroxylation is 1. The lowest BCUT2D eigenvalue weighted by Crippen LogP contribution is -2.39. The van der Waals surface area contributed by atoms with E-state index in [1.54, 1.807) is 32.9 Å². The van der Waals surface area contributed by atoms with Crippen LogP contribution in [0, 0.1) is 0 Å². The van der Waals surface area contributed by atoms with Crippen LogP contribution in [0.4, 0.5) is 4.48 Å². The molecule has 0 atom stereocenters. The third-order valence-corrected chi connectivity index (χ3v) is 2.53. The minimum atomic E-state index is -0.809. The number of halogens is 1. The van der Waals surface area contributed by atoms with Gasteiger partial charge in [-0.2, -0.15) is 5.12 Å². The van der Waals surface area contributed by atoms with Crippen LogP contribution in [0.5, 0.6) is 0 Å². The molecular weight excluding hydrogens is 217 g/mol. The number of carbonyl (C=O) groups excluding carboxylic acids is 1. The Kier molecular flexibility index (Phi) is 4.27. The summed E-state index contributed by atoms with van der Waals surface area (Å²) in [7, 11) is 0. The van der Waals surface area contributed by atoms with Crippen LogP contribution in [-0.4, -0.2) is 16.6 Å². The standard InChI is InChI=1S/C14H20FNO/c1-5-8-11-9-6-7-10-12(11)13(17)16(15)14(2,3)4/h6-7,9-10H,5,8H2,1-4H3. The maximum atomic E-state index is 13.9. The second-order valence-electron chi connectivity index (χ2n) is 5.16. The van der Waals surface area contributed by atoms with Crippen molar-refractivity contribution in [1.82, 2.24) is 5.12 Å². The zero-order valence-electron chi connectivity index (χ0n) is 11.0. The maximum absolute atomic E-state index is 13.9. The Morgan fingerprint density at radius 1 is 1.29 bits per heavy atom. The van der Waals surface area contributed by atoms with Gasteiger partial charge in [0.25, 0.3) is 5.91 Å². The van der Waals surface area contributed by atoms with E-state index in [1.165, 1.54) is 0 Å². The van der Waals surface area contributed by atoms with Crippen LogP contribution < -0.4 is 0 Å². The van der Waals surface area contributed by atoms with Crippen LogP contribution >= 0.6 is 0 Å². The minimum Gasteiger partial charge on any atom is -0.266 e.